The van der Waals surface area contributed by atoms with Crippen molar-refractivity contribution < 1.29 is 65.6 Å². The average molecular weight is 717 g/mol. The second-order valence-electron chi connectivity index (χ2n) is 12.2. The van der Waals surface area contributed by atoms with Crippen LogP contribution in [0.1, 0.15) is 59.4 Å². The Bertz CT molecular complexity index is 1560. The summed E-state index contributed by atoms with van der Waals surface area (Å²) in [5.74, 6) is -23.7. The van der Waals surface area contributed by atoms with Crippen LogP contribution in [0.4, 0.5) is 26.7 Å². The second kappa shape index (κ2) is 17.1. The van der Waals surface area contributed by atoms with Crippen LogP contribution < -0.4 is 10.1 Å². The number of nitrogens with zero attached hydrogens (tertiary/aromatic N) is 1. The zero-order valence-corrected chi connectivity index (χ0v) is 28.6. The number of carbonyl (C=O) groups excluding carboxylic acids is 5. The van der Waals surface area contributed by atoms with E-state index in [1.54, 1.807) is 51.1 Å². The molecule has 0 heterocycles. The van der Waals surface area contributed by atoms with E-state index in [0.717, 1.165) is 11.9 Å². The number of rotatable bonds is 17. The minimum Gasteiger partial charge on any atom is -0.445 e. The number of Topliss-reactive ketones (excluding diaryl/α,β-unsaturated/α-hetero) is 3. The van der Waals surface area contributed by atoms with Crippen molar-refractivity contribution >= 4 is 29.4 Å². The van der Waals surface area contributed by atoms with Gasteiger partial charge in [-0.15, -0.1) is 0 Å². The lowest BCUT2D eigenvalue weighted by Crippen LogP contribution is -2.65. The number of aliphatic hydroxyl groups is 2. The van der Waals surface area contributed by atoms with Gasteiger partial charge in [-0.3, -0.25) is 14.4 Å². The highest BCUT2D eigenvalue weighted by molar-refractivity contribution is 6.23. The Morgan fingerprint density at radius 2 is 1.36 bits per heavy atom. The van der Waals surface area contributed by atoms with E-state index in [4.69, 9.17) is 4.74 Å². The van der Waals surface area contributed by atoms with Gasteiger partial charge in [-0.2, -0.15) is 8.78 Å². The maximum atomic E-state index is 14.5. The lowest BCUT2D eigenvalue weighted by atomic mass is 9.75. The molecular weight excluding hydrogens is 675 g/mol. The van der Waals surface area contributed by atoms with Crippen molar-refractivity contribution in [3.8, 4) is 5.75 Å². The first-order chi connectivity index (χ1) is 23.2. The summed E-state index contributed by atoms with van der Waals surface area (Å²) >= 11 is 0. The van der Waals surface area contributed by atoms with Crippen molar-refractivity contribution in [3.63, 3.8) is 0 Å². The van der Waals surface area contributed by atoms with Gasteiger partial charge in [0.1, 0.15) is 6.61 Å². The highest BCUT2D eigenvalue weighted by Crippen LogP contribution is 2.33. The van der Waals surface area contributed by atoms with Gasteiger partial charge in [0.05, 0.1) is 18.5 Å². The summed E-state index contributed by atoms with van der Waals surface area (Å²) in [6.07, 6.45) is -2.14. The number of ether oxygens (including phenoxy) is 2. The molecule has 0 spiro atoms. The molecule has 16 heteroatoms. The van der Waals surface area contributed by atoms with Gasteiger partial charge in [0.15, 0.2) is 17.2 Å². The molecule has 276 valence electrons. The molecule has 0 bridgehead atoms. The second-order valence-corrected chi connectivity index (χ2v) is 12.2. The molecule has 0 saturated carbocycles. The molecule has 50 heavy (non-hydrogen) atoms. The molecule has 2 aromatic carbocycles. The van der Waals surface area contributed by atoms with Gasteiger partial charge in [-0.05, 0) is 31.4 Å². The number of likely N-dealkylation sites (N-methyl/N-ethyl adjacent to an activating group) is 2. The number of amides is 1. The predicted octanol–water partition coefficient (Wildman–Crippen LogP) is 4.18. The van der Waals surface area contributed by atoms with Crippen molar-refractivity contribution in [2.24, 2.45) is 11.8 Å². The van der Waals surface area contributed by atoms with Gasteiger partial charge in [-0.25, -0.2) is 22.8 Å². The number of hydrogen-bond donors (Lipinski definition) is 3. The molecule has 2 aromatic rings. The maximum absolute atomic E-state index is 14.5. The number of esters is 1. The third-order valence-corrected chi connectivity index (χ3v) is 8.66. The monoisotopic (exact) mass is 716 g/mol. The van der Waals surface area contributed by atoms with E-state index >= 15 is 0 Å². The Labute approximate surface area is 285 Å². The molecular formula is C34H41F5N2O9. The van der Waals surface area contributed by atoms with Crippen molar-refractivity contribution in [2.75, 3.05) is 14.1 Å². The van der Waals surface area contributed by atoms with E-state index in [1.165, 1.54) is 14.0 Å². The first kappa shape index (κ1) is 41.9. The molecule has 11 nitrogen and oxygen atoms in total. The van der Waals surface area contributed by atoms with E-state index in [0.29, 0.717) is 18.9 Å². The Hall–Kier alpha value is -4.28. The molecule has 0 radical (unpaired) electrons. The zero-order valence-electron chi connectivity index (χ0n) is 28.6. The Kier molecular flexibility index (Phi) is 14.3. The van der Waals surface area contributed by atoms with Crippen LogP contribution >= 0.6 is 0 Å². The van der Waals surface area contributed by atoms with Crippen LogP contribution in [0.25, 0.3) is 0 Å². The van der Waals surface area contributed by atoms with Gasteiger partial charge in [0, 0.05) is 7.05 Å². The summed E-state index contributed by atoms with van der Waals surface area (Å²) in [6.45, 7) is 6.65. The SMILES string of the molecule is CCC(C)[C@H](NC)C(=O)CC(O)(C(=O)Oc1c(F)c(F)c(F)c(F)c1F)C(=O)C(C)(O)C(=O)[C@H](C(C)CC)N(C)C(=O)OCc1ccccc1. The molecule has 3 N–H and O–H groups in total. The Balaban J connectivity index is 2.63. The van der Waals surface area contributed by atoms with Crippen LogP contribution in [-0.4, -0.2) is 81.9 Å². The van der Waals surface area contributed by atoms with Crippen LogP contribution in [-0.2, 0) is 30.5 Å². The number of ketones is 3. The smallest absolute Gasteiger partial charge is 0.410 e. The topological polar surface area (TPSA) is 160 Å². The summed E-state index contributed by atoms with van der Waals surface area (Å²) in [4.78, 5) is 68.6. The van der Waals surface area contributed by atoms with Crippen LogP contribution in [0.15, 0.2) is 30.3 Å². The largest absolute Gasteiger partial charge is 0.445 e. The number of benzene rings is 2. The summed E-state index contributed by atoms with van der Waals surface area (Å²) in [5.41, 5.74) is -6.81. The van der Waals surface area contributed by atoms with Crippen LogP contribution in [0.2, 0.25) is 0 Å². The van der Waals surface area contributed by atoms with Crippen molar-refractivity contribution in [3.05, 3.63) is 65.0 Å². The summed E-state index contributed by atoms with van der Waals surface area (Å²) in [7, 11) is 2.45. The van der Waals surface area contributed by atoms with Gasteiger partial charge < -0.3 is 29.9 Å². The van der Waals surface area contributed by atoms with E-state index in [9.17, 15) is 56.1 Å². The van der Waals surface area contributed by atoms with Crippen LogP contribution in [0, 0.1) is 40.9 Å². The average Bonchev–Trinajstić information content (AvgIpc) is 3.10. The van der Waals surface area contributed by atoms with Crippen molar-refractivity contribution in [2.45, 2.75) is 83.8 Å². The van der Waals surface area contributed by atoms with E-state index in [1.807, 2.05) is 0 Å². The highest BCUT2D eigenvalue weighted by Gasteiger charge is 2.59. The molecule has 0 aliphatic heterocycles. The summed E-state index contributed by atoms with van der Waals surface area (Å²) in [5, 5.41) is 25.7. The fourth-order valence-corrected chi connectivity index (χ4v) is 5.23. The maximum Gasteiger partial charge on any atom is 0.410 e. The molecule has 0 aliphatic rings. The van der Waals surface area contributed by atoms with E-state index in [-0.39, 0.29) is 13.0 Å². The molecule has 2 rings (SSSR count). The Morgan fingerprint density at radius 1 is 0.860 bits per heavy atom. The molecule has 6 atom stereocenters. The normalized spacial score (nSPS) is 16.2. The third-order valence-electron chi connectivity index (χ3n) is 8.66. The minimum atomic E-state index is -3.95. The van der Waals surface area contributed by atoms with E-state index in [2.05, 4.69) is 10.1 Å². The highest BCUT2D eigenvalue weighted by atomic mass is 19.2. The fourth-order valence-electron chi connectivity index (χ4n) is 5.23. The minimum absolute atomic E-state index is 0.167. The van der Waals surface area contributed by atoms with Gasteiger partial charge >= 0.3 is 12.1 Å². The van der Waals surface area contributed by atoms with Gasteiger partial charge in [0.2, 0.25) is 46.2 Å². The van der Waals surface area contributed by atoms with Gasteiger partial charge in [-0.1, -0.05) is 70.9 Å². The van der Waals surface area contributed by atoms with E-state index < -0.39 is 106 Å². The van der Waals surface area contributed by atoms with Gasteiger partial charge in [0.25, 0.3) is 0 Å². The first-order valence-electron chi connectivity index (χ1n) is 15.6. The summed E-state index contributed by atoms with van der Waals surface area (Å²) in [6, 6.07) is 5.56. The number of hydrogen-bond acceptors (Lipinski definition) is 10. The predicted molar refractivity (Wildman–Crippen MR) is 167 cm³/mol. The molecule has 0 fully saturated rings. The molecule has 4 unspecified atom stereocenters. The standard InChI is InChI=1S/C34H41F5N2O9/c1-8-17(3)26(40-6)20(42)15-34(48,31(45)50-28-24(38)22(36)21(35)23(37)25(28)39)30(44)33(5,47)29(43)27(18(4)9-2)41(7)32(46)49-16-19-13-11-10-12-14-19/h10-14,17-18,26-27,40,47-48H,8-9,15-16H2,1-7H3/t17?,18?,26-,27-,33?,34?/m0/s1. The summed E-state index contributed by atoms with van der Waals surface area (Å²) < 4.78 is 80.1. The Morgan fingerprint density at radius 3 is 1.84 bits per heavy atom. The quantitative estimate of drug-likeness (QED) is 0.0542. The lowest BCUT2D eigenvalue weighted by molar-refractivity contribution is -0.177. The molecule has 0 aromatic heterocycles. The number of nitrogens with one attached hydrogen (secondary N) is 1. The van der Waals surface area contributed by atoms with Crippen LogP contribution in [0.5, 0.6) is 5.75 Å². The first-order valence-corrected chi connectivity index (χ1v) is 15.6. The van der Waals surface area contributed by atoms with Crippen molar-refractivity contribution in [1.82, 2.24) is 10.2 Å². The zero-order chi connectivity index (χ0) is 38.3. The number of halogens is 5. The lowest BCUT2D eigenvalue weighted by Gasteiger charge is -2.37. The molecule has 0 aliphatic carbocycles. The fraction of sp³-hybridized carbons (Fsp3) is 0.500. The molecule has 0 saturated heterocycles. The number of carbonyl (C=O) groups is 5. The third kappa shape index (κ3) is 8.71. The van der Waals surface area contributed by atoms with Crippen molar-refractivity contribution in [1.29, 1.82) is 0 Å². The molecule has 1 amide bonds. The van der Waals surface area contributed by atoms with Crippen LogP contribution in [0.3, 0.4) is 0 Å².